The van der Waals surface area contributed by atoms with Crippen LogP contribution in [-0.4, -0.2) is 40.8 Å². The zero-order valence-electron chi connectivity index (χ0n) is 9.43. The van der Waals surface area contributed by atoms with Crippen molar-refractivity contribution < 1.29 is 4.74 Å². The van der Waals surface area contributed by atoms with E-state index in [0.717, 1.165) is 11.0 Å². The molecule has 1 aromatic heterocycles. The van der Waals surface area contributed by atoms with Crippen LogP contribution in [0.5, 0.6) is 0 Å². The SMILES string of the molecule is COCC(Cl)CNc1nnc2ccccc2n1. The van der Waals surface area contributed by atoms with E-state index in [1.807, 2.05) is 24.3 Å². The highest BCUT2D eigenvalue weighted by Gasteiger charge is 2.05. The molecule has 0 amide bonds. The lowest BCUT2D eigenvalue weighted by Gasteiger charge is -2.09. The molecule has 6 heteroatoms. The van der Waals surface area contributed by atoms with Crippen LogP contribution in [0, 0.1) is 0 Å². The lowest BCUT2D eigenvalue weighted by molar-refractivity contribution is 0.200. The Morgan fingerprint density at radius 3 is 2.82 bits per heavy atom. The van der Waals surface area contributed by atoms with Gasteiger partial charge in [0.1, 0.15) is 5.52 Å². The molecule has 5 nitrogen and oxygen atoms in total. The third kappa shape index (κ3) is 3.25. The summed E-state index contributed by atoms with van der Waals surface area (Å²) in [6.07, 6.45) is 0. The highest BCUT2D eigenvalue weighted by molar-refractivity contribution is 6.21. The number of anilines is 1. The largest absolute Gasteiger partial charge is 0.383 e. The topological polar surface area (TPSA) is 59.9 Å². The Labute approximate surface area is 104 Å². The molecular weight excluding hydrogens is 240 g/mol. The maximum Gasteiger partial charge on any atom is 0.243 e. The number of hydrogen-bond donors (Lipinski definition) is 1. The van der Waals surface area contributed by atoms with E-state index in [2.05, 4.69) is 20.5 Å². The first kappa shape index (κ1) is 12.0. The molecule has 2 aromatic rings. The number of benzene rings is 1. The first-order valence-corrected chi connectivity index (χ1v) is 5.69. The van der Waals surface area contributed by atoms with Gasteiger partial charge in [-0.2, -0.15) is 0 Å². The Balaban J connectivity index is 2.04. The van der Waals surface area contributed by atoms with Gasteiger partial charge in [0.2, 0.25) is 5.95 Å². The van der Waals surface area contributed by atoms with Gasteiger partial charge in [-0.05, 0) is 12.1 Å². The first-order chi connectivity index (χ1) is 8.29. The summed E-state index contributed by atoms with van der Waals surface area (Å²) < 4.78 is 4.93. The van der Waals surface area contributed by atoms with Crippen LogP contribution in [0.4, 0.5) is 5.95 Å². The van der Waals surface area contributed by atoms with Gasteiger partial charge in [0.15, 0.2) is 0 Å². The van der Waals surface area contributed by atoms with E-state index in [-0.39, 0.29) is 5.38 Å². The molecule has 0 saturated carbocycles. The Bertz CT molecular complexity index is 494. The fourth-order valence-corrected chi connectivity index (χ4v) is 1.60. The summed E-state index contributed by atoms with van der Waals surface area (Å²) in [7, 11) is 1.61. The van der Waals surface area contributed by atoms with Crippen molar-refractivity contribution in [2.24, 2.45) is 0 Å². The van der Waals surface area contributed by atoms with Gasteiger partial charge in [-0.1, -0.05) is 12.1 Å². The average Bonchev–Trinajstić information content (AvgIpc) is 2.36. The summed E-state index contributed by atoms with van der Waals surface area (Å²) >= 11 is 5.99. The minimum atomic E-state index is -0.116. The number of alkyl halides is 1. The number of hydrogen-bond acceptors (Lipinski definition) is 5. The summed E-state index contributed by atoms with van der Waals surface area (Å²) in [5.74, 6) is 0.477. The number of nitrogens with one attached hydrogen (secondary N) is 1. The standard InChI is InChI=1S/C11H13ClN4O/c1-17-7-8(12)6-13-11-14-9-4-2-3-5-10(9)15-16-11/h2-5,8H,6-7H2,1H3,(H,13,14,16). The summed E-state index contributed by atoms with van der Waals surface area (Å²) in [4.78, 5) is 4.32. The van der Waals surface area contributed by atoms with Crippen molar-refractivity contribution in [3.8, 4) is 0 Å². The highest BCUT2D eigenvalue weighted by atomic mass is 35.5. The monoisotopic (exact) mass is 252 g/mol. The average molecular weight is 253 g/mol. The van der Waals surface area contributed by atoms with Crippen molar-refractivity contribution in [1.82, 2.24) is 15.2 Å². The summed E-state index contributed by atoms with van der Waals surface area (Å²) in [6.45, 7) is 1.02. The molecule has 0 bridgehead atoms. The van der Waals surface area contributed by atoms with E-state index in [4.69, 9.17) is 16.3 Å². The molecule has 1 atom stereocenters. The lowest BCUT2D eigenvalue weighted by Crippen LogP contribution is -2.20. The minimum Gasteiger partial charge on any atom is -0.383 e. The second kappa shape index (κ2) is 5.75. The number of nitrogens with zero attached hydrogens (tertiary/aromatic N) is 3. The van der Waals surface area contributed by atoms with E-state index in [0.29, 0.717) is 19.1 Å². The molecule has 1 heterocycles. The van der Waals surface area contributed by atoms with Crippen LogP contribution in [0.15, 0.2) is 24.3 Å². The van der Waals surface area contributed by atoms with Crippen molar-refractivity contribution in [2.75, 3.05) is 25.6 Å². The second-order valence-corrected chi connectivity index (χ2v) is 4.17. The number of rotatable bonds is 5. The van der Waals surface area contributed by atoms with Gasteiger partial charge in [-0.15, -0.1) is 21.8 Å². The molecule has 1 aromatic carbocycles. The Morgan fingerprint density at radius 1 is 1.29 bits per heavy atom. The van der Waals surface area contributed by atoms with E-state index in [1.165, 1.54) is 0 Å². The van der Waals surface area contributed by atoms with Gasteiger partial charge in [0.05, 0.1) is 17.5 Å². The maximum absolute atomic E-state index is 5.99. The van der Waals surface area contributed by atoms with Gasteiger partial charge in [0.25, 0.3) is 0 Å². The number of aromatic nitrogens is 3. The number of fused-ring (bicyclic) bond motifs is 1. The normalized spacial score (nSPS) is 12.6. The van der Waals surface area contributed by atoms with Crippen LogP contribution in [-0.2, 0) is 4.74 Å². The van der Waals surface area contributed by atoms with Crippen molar-refractivity contribution in [2.45, 2.75) is 5.38 Å². The van der Waals surface area contributed by atoms with Crippen LogP contribution < -0.4 is 5.32 Å². The minimum absolute atomic E-state index is 0.116. The van der Waals surface area contributed by atoms with Crippen LogP contribution in [0.25, 0.3) is 11.0 Å². The predicted octanol–water partition coefficient (Wildman–Crippen LogP) is 1.69. The van der Waals surface area contributed by atoms with Gasteiger partial charge in [-0.3, -0.25) is 0 Å². The van der Waals surface area contributed by atoms with E-state index >= 15 is 0 Å². The molecule has 0 aliphatic heterocycles. The molecule has 1 N–H and O–H groups in total. The molecule has 2 rings (SSSR count). The summed E-state index contributed by atoms with van der Waals surface area (Å²) in [5, 5.41) is 10.9. The number of halogens is 1. The predicted molar refractivity (Wildman–Crippen MR) is 67.3 cm³/mol. The fourth-order valence-electron chi connectivity index (χ4n) is 1.40. The van der Waals surface area contributed by atoms with Crippen molar-refractivity contribution in [3.05, 3.63) is 24.3 Å². The van der Waals surface area contributed by atoms with Crippen LogP contribution >= 0.6 is 11.6 Å². The molecule has 0 aliphatic rings. The van der Waals surface area contributed by atoms with Crippen LogP contribution in [0.2, 0.25) is 0 Å². The van der Waals surface area contributed by atoms with E-state index in [1.54, 1.807) is 7.11 Å². The first-order valence-electron chi connectivity index (χ1n) is 5.26. The number of methoxy groups -OCH3 is 1. The Morgan fingerprint density at radius 2 is 2.06 bits per heavy atom. The van der Waals surface area contributed by atoms with Crippen molar-refractivity contribution in [3.63, 3.8) is 0 Å². The lowest BCUT2D eigenvalue weighted by atomic mass is 10.3. The van der Waals surface area contributed by atoms with Crippen LogP contribution in [0.3, 0.4) is 0 Å². The fraction of sp³-hybridized carbons (Fsp3) is 0.364. The van der Waals surface area contributed by atoms with Gasteiger partial charge in [-0.25, -0.2) is 4.98 Å². The molecular formula is C11H13ClN4O. The third-order valence-corrected chi connectivity index (χ3v) is 2.47. The molecule has 0 radical (unpaired) electrons. The van der Waals surface area contributed by atoms with E-state index < -0.39 is 0 Å². The second-order valence-electron chi connectivity index (χ2n) is 3.56. The van der Waals surface area contributed by atoms with E-state index in [9.17, 15) is 0 Å². The Kier molecular flexibility index (Phi) is 4.06. The zero-order chi connectivity index (χ0) is 12.1. The highest BCUT2D eigenvalue weighted by Crippen LogP contribution is 2.09. The van der Waals surface area contributed by atoms with Crippen molar-refractivity contribution in [1.29, 1.82) is 0 Å². The third-order valence-electron chi connectivity index (χ3n) is 2.19. The molecule has 90 valence electrons. The molecule has 0 aliphatic carbocycles. The molecule has 1 unspecified atom stereocenters. The van der Waals surface area contributed by atoms with Crippen molar-refractivity contribution >= 4 is 28.6 Å². The number of ether oxygens (including phenoxy) is 1. The summed E-state index contributed by atoms with van der Waals surface area (Å²) in [5.41, 5.74) is 1.58. The smallest absolute Gasteiger partial charge is 0.243 e. The molecule has 0 fully saturated rings. The van der Waals surface area contributed by atoms with Gasteiger partial charge >= 0.3 is 0 Å². The quantitative estimate of drug-likeness (QED) is 0.821. The summed E-state index contributed by atoms with van der Waals surface area (Å²) in [6, 6.07) is 7.58. The Hall–Kier alpha value is -1.46. The molecule has 0 saturated heterocycles. The molecule has 17 heavy (non-hydrogen) atoms. The zero-order valence-corrected chi connectivity index (χ0v) is 10.2. The van der Waals surface area contributed by atoms with Crippen LogP contribution in [0.1, 0.15) is 0 Å². The number of para-hydroxylation sites is 1. The van der Waals surface area contributed by atoms with Gasteiger partial charge in [0, 0.05) is 13.7 Å². The molecule has 0 spiro atoms. The maximum atomic E-state index is 5.99. The van der Waals surface area contributed by atoms with Gasteiger partial charge < -0.3 is 10.1 Å².